The van der Waals surface area contributed by atoms with Crippen LogP contribution in [0.3, 0.4) is 0 Å². The second-order valence-corrected chi connectivity index (χ2v) is 6.02. The number of nitrogens with two attached hydrogens (primary N) is 1. The van der Waals surface area contributed by atoms with E-state index in [1.165, 1.54) is 9.42 Å². The van der Waals surface area contributed by atoms with Crippen molar-refractivity contribution in [1.29, 1.82) is 0 Å². The largest absolute Gasteiger partial charge is 0.477 e. The second kappa shape index (κ2) is 6.23. The summed E-state index contributed by atoms with van der Waals surface area (Å²) in [7, 11) is 0. The van der Waals surface area contributed by atoms with Gasteiger partial charge in [0.1, 0.15) is 11.5 Å². The number of aromatic amines is 1. The average Bonchev–Trinajstić information content (AvgIpc) is 3.33. The van der Waals surface area contributed by atoms with E-state index in [9.17, 15) is 0 Å². The van der Waals surface area contributed by atoms with Crippen molar-refractivity contribution in [3.8, 4) is 5.88 Å². The molecule has 1 unspecified atom stereocenters. The lowest BCUT2D eigenvalue weighted by Crippen LogP contribution is -2.51. The van der Waals surface area contributed by atoms with Gasteiger partial charge in [-0.05, 0) is 20.8 Å². The molecule has 0 radical (unpaired) electrons. The molecule has 0 bridgehead atoms. The Morgan fingerprint density at radius 3 is 2.63 bits per heavy atom. The minimum absolute atomic E-state index is 0.261. The number of anilines is 1. The first-order valence-electron chi connectivity index (χ1n) is 8.84. The van der Waals surface area contributed by atoms with Gasteiger partial charge < -0.3 is 14.8 Å². The van der Waals surface area contributed by atoms with Crippen molar-refractivity contribution >= 4 is 17.2 Å². The highest BCUT2D eigenvalue weighted by Crippen LogP contribution is 2.34. The van der Waals surface area contributed by atoms with Crippen LogP contribution in [0, 0.1) is 6.92 Å². The molecule has 0 aromatic carbocycles. The molecule has 4 heterocycles. The van der Waals surface area contributed by atoms with Crippen LogP contribution >= 0.6 is 0 Å². The van der Waals surface area contributed by atoms with Gasteiger partial charge in [-0.1, -0.05) is 6.92 Å². The normalized spacial score (nSPS) is 18.6. The van der Waals surface area contributed by atoms with Crippen molar-refractivity contribution in [2.75, 3.05) is 18.5 Å². The molecule has 3 aromatic heterocycles. The van der Waals surface area contributed by atoms with Crippen LogP contribution < -0.4 is 15.8 Å². The molecule has 0 aliphatic carbocycles. The highest BCUT2D eigenvalue weighted by Gasteiger charge is 2.47. The molecule has 0 amide bonds. The van der Waals surface area contributed by atoms with Crippen molar-refractivity contribution < 1.29 is 9.47 Å². The summed E-state index contributed by atoms with van der Waals surface area (Å²) in [5.41, 5.74) is 6.43. The minimum Gasteiger partial charge on any atom is -0.477 e. The quantitative estimate of drug-likeness (QED) is 0.524. The van der Waals surface area contributed by atoms with Crippen molar-refractivity contribution in [1.82, 2.24) is 34.7 Å². The zero-order valence-corrected chi connectivity index (χ0v) is 15.6. The number of nitrogens with one attached hydrogen (secondary N) is 2. The Bertz CT molecular complexity index is 1020. The van der Waals surface area contributed by atoms with Crippen LogP contribution in [-0.4, -0.2) is 53.8 Å². The van der Waals surface area contributed by atoms with Gasteiger partial charge in [0.05, 0.1) is 13.2 Å². The summed E-state index contributed by atoms with van der Waals surface area (Å²) < 4.78 is 12.8. The van der Waals surface area contributed by atoms with E-state index in [2.05, 4.69) is 35.7 Å². The number of aryl methyl sites for hydroxylation is 2. The van der Waals surface area contributed by atoms with E-state index in [1.807, 2.05) is 27.7 Å². The van der Waals surface area contributed by atoms with E-state index in [0.717, 1.165) is 0 Å². The van der Waals surface area contributed by atoms with Gasteiger partial charge >= 0.3 is 0 Å². The van der Waals surface area contributed by atoms with Gasteiger partial charge in [-0.15, -0.1) is 24.7 Å². The predicted octanol–water partition coefficient (Wildman–Crippen LogP) is 0.354. The van der Waals surface area contributed by atoms with Crippen LogP contribution in [0.5, 0.6) is 5.88 Å². The fraction of sp³-hybridized carbons (Fsp3) is 0.533. The van der Waals surface area contributed by atoms with Crippen molar-refractivity contribution in [2.24, 2.45) is 10.8 Å². The molecule has 0 fully saturated rings. The van der Waals surface area contributed by atoms with Gasteiger partial charge in [0.15, 0.2) is 5.82 Å². The van der Waals surface area contributed by atoms with Crippen LogP contribution in [0.4, 0.5) is 5.69 Å². The number of fused-ring (bicyclic) bond motifs is 2. The lowest BCUT2D eigenvalue weighted by Gasteiger charge is -2.25. The van der Waals surface area contributed by atoms with Crippen molar-refractivity contribution in [3.05, 3.63) is 17.5 Å². The Labute approximate surface area is 154 Å². The van der Waals surface area contributed by atoms with Gasteiger partial charge in [0.25, 0.3) is 11.8 Å². The Kier molecular flexibility index (Phi) is 3.98. The second-order valence-electron chi connectivity index (χ2n) is 6.02. The molecule has 4 N–H and O–H groups in total. The molecular weight excluding hydrogens is 352 g/mol. The zero-order valence-electron chi connectivity index (χ0n) is 15.6. The van der Waals surface area contributed by atoms with E-state index in [0.29, 0.717) is 54.3 Å². The van der Waals surface area contributed by atoms with E-state index in [-0.39, 0.29) is 5.90 Å². The van der Waals surface area contributed by atoms with Crippen LogP contribution in [0.25, 0.3) is 5.65 Å². The summed E-state index contributed by atoms with van der Waals surface area (Å²) >= 11 is 0. The zero-order chi connectivity index (χ0) is 19.2. The number of aromatic nitrogens is 7. The number of hydrogen-bond acceptors (Lipinski definition) is 9. The number of rotatable bonds is 6. The van der Waals surface area contributed by atoms with Gasteiger partial charge in [-0.25, -0.2) is 9.97 Å². The van der Waals surface area contributed by atoms with Gasteiger partial charge in [-0.3, -0.25) is 10.8 Å². The van der Waals surface area contributed by atoms with E-state index < -0.39 is 5.66 Å². The third kappa shape index (κ3) is 2.60. The summed E-state index contributed by atoms with van der Waals surface area (Å²) in [6, 6.07) is 0. The first kappa shape index (κ1) is 17.3. The molecule has 4 rings (SSSR count). The Morgan fingerprint density at radius 1 is 1.15 bits per heavy atom. The maximum Gasteiger partial charge on any atom is 0.261 e. The Balaban J connectivity index is 1.82. The van der Waals surface area contributed by atoms with Crippen LogP contribution in [-0.2, 0) is 16.8 Å². The van der Waals surface area contributed by atoms with Gasteiger partial charge in [0, 0.05) is 6.42 Å². The standard InChI is InChI=1S/C15H22N10O2/c1-5-9-18-13-15(16,14(27-7-3)23-25(13)21-9)19-10-11-17-8(4)20-24(11)22-12(10)26-6-2/h19H,5-7,16H2,1-4H3,(H,17,20). The molecule has 12 heteroatoms. The highest BCUT2D eigenvalue weighted by molar-refractivity contribution is 5.92. The first-order chi connectivity index (χ1) is 13.0. The summed E-state index contributed by atoms with van der Waals surface area (Å²) in [6.07, 6.45) is 0.663. The lowest BCUT2D eigenvalue weighted by molar-refractivity contribution is 0.297. The number of ether oxygens (including phenoxy) is 2. The summed E-state index contributed by atoms with van der Waals surface area (Å²) in [4.78, 5) is 10.4. The summed E-state index contributed by atoms with van der Waals surface area (Å²) in [6.45, 7) is 8.37. The molecule has 1 aliphatic heterocycles. The number of nitrogens with zero attached hydrogens (tertiary/aromatic N) is 7. The molecule has 0 saturated heterocycles. The number of hydrogen-bond donors (Lipinski definition) is 3. The smallest absolute Gasteiger partial charge is 0.261 e. The minimum atomic E-state index is -1.33. The lowest BCUT2D eigenvalue weighted by atomic mass is 10.1. The summed E-state index contributed by atoms with van der Waals surface area (Å²) in [5, 5.41) is 19.3. The first-order valence-corrected chi connectivity index (χ1v) is 8.84. The van der Waals surface area contributed by atoms with Crippen LogP contribution in [0.15, 0.2) is 5.10 Å². The van der Waals surface area contributed by atoms with Crippen molar-refractivity contribution in [3.63, 3.8) is 0 Å². The average molecular weight is 374 g/mol. The molecule has 3 aromatic rings. The molecule has 0 spiro atoms. The third-order valence-corrected chi connectivity index (χ3v) is 4.08. The highest BCUT2D eigenvalue weighted by atomic mass is 16.5. The molecule has 1 aliphatic rings. The maximum absolute atomic E-state index is 6.70. The van der Waals surface area contributed by atoms with Gasteiger partial charge in [0.2, 0.25) is 17.1 Å². The molecule has 0 saturated carbocycles. The molecular formula is C15H22N10O2. The third-order valence-electron chi connectivity index (χ3n) is 4.08. The van der Waals surface area contributed by atoms with E-state index in [1.54, 1.807) is 0 Å². The SMILES string of the molecule is CCOC1=Nn2nc(CC)nc2C1(N)Nc1c(OCC)nn2[nH]c(C)nc12. The van der Waals surface area contributed by atoms with E-state index >= 15 is 0 Å². The maximum atomic E-state index is 6.70. The van der Waals surface area contributed by atoms with Crippen LogP contribution in [0.1, 0.15) is 38.2 Å². The molecule has 144 valence electrons. The van der Waals surface area contributed by atoms with E-state index in [4.69, 9.17) is 15.2 Å². The fourth-order valence-corrected chi connectivity index (χ4v) is 2.91. The van der Waals surface area contributed by atoms with Crippen LogP contribution in [0.2, 0.25) is 0 Å². The predicted molar refractivity (Wildman–Crippen MR) is 96.6 cm³/mol. The topological polar surface area (TPSA) is 146 Å². The Hall–Kier alpha value is -3.15. The Morgan fingerprint density at radius 2 is 1.93 bits per heavy atom. The van der Waals surface area contributed by atoms with Gasteiger partial charge in [-0.2, -0.15) is 0 Å². The molecule has 1 atom stereocenters. The fourth-order valence-electron chi connectivity index (χ4n) is 2.91. The van der Waals surface area contributed by atoms with Crippen molar-refractivity contribution in [2.45, 2.75) is 39.8 Å². The molecule has 12 nitrogen and oxygen atoms in total. The monoisotopic (exact) mass is 374 g/mol. The molecule has 27 heavy (non-hydrogen) atoms. The number of H-pyrrole nitrogens is 1. The summed E-state index contributed by atoms with van der Waals surface area (Å²) in [5.74, 6) is 2.40.